The van der Waals surface area contributed by atoms with E-state index in [-0.39, 0.29) is 37.9 Å². The van der Waals surface area contributed by atoms with Gasteiger partial charge in [-0.25, -0.2) is 0 Å². The van der Waals surface area contributed by atoms with E-state index in [1.165, 1.54) is 0 Å². The number of nitrogens with zero attached hydrogens (tertiary/aromatic N) is 1. The minimum atomic E-state index is -4.20. The highest BCUT2D eigenvalue weighted by atomic mass is 19.4. The third kappa shape index (κ3) is 5.65. The number of hydrogen-bond acceptors (Lipinski definition) is 3. The summed E-state index contributed by atoms with van der Waals surface area (Å²) in [6, 6.07) is -0.297. The molecular weight excluding hydrogens is 323 g/mol. The lowest BCUT2D eigenvalue weighted by atomic mass is 9.85. The smallest absolute Gasteiger partial charge is 0.369 e. The highest BCUT2D eigenvalue weighted by Crippen LogP contribution is 2.37. The van der Waals surface area contributed by atoms with Crippen LogP contribution in [0.5, 0.6) is 0 Å². The molecule has 2 aliphatic rings. The predicted molar refractivity (Wildman–Crippen MR) is 83.0 cm³/mol. The second-order valence-corrected chi connectivity index (χ2v) is 6.98. The Morgan fingerprint density at radius 3 is 2.29 bits per heavy atom. The van der Waals surface area contributed by atoms with Gasteiger partial charge >= 0.3 is 6.18 Å². The number of rotatable bonds is 6. The van der Waals surface area contributed by atoms with Gasteiger partial charge in [-0.3, -0.25) is 14.5 Å². The number of alkyl halides is 3. The van der Waals surface area contributed by atoms with Crippen LogP contribution in [0.25, 0.3) is 0 Å². The van der Waals surface area contributed by atoms with Gasteiger partial charge in [-0.05, 0) is 32.1 Å². The van der Waals surface area contributed by atoms with Crippen molar-refractivity contribution in [1.29, 1.82) is 0 Å². The van der Waals surface area contributed by atoms with Crippen molar-refractivity contribution in [2.24, 2.45) is 11.7 Å². The Kier molecular flexibility index (Phi) is 6.48. The summed E-state index contributed by atoms with van der Waals surface area (Å²) in [4.78, 5) is 25.2. The van der Waals surface area contributed by atoms with E-state index in [4.69, 9.17) is 5.73 Å². The van der Waals surface area contributed by atoms with Crippen LogP contribution in [0, 0.1) is 5.92 Å². The second-order valence-electron chi connectivity index (χ2n) is 6.98. The van der Waals surface area contributed by atoms with E-state index in [0.717, 1.165) is 25.7 Å². The van der Waals surface area contributed by atoms with E-state index in [0.29, 0.717) is 12.8 Å². The molecule has 0 bridgehead atoms. The maximum Gasteiger partial charge on any atom is 0.391 e. The molecular formula is C16H26F3N3O2. The molecule has 2 rings (SSSR count). The summed E-state index contributed by atoms with van der Waals surface area (Å²) in [5, 5.41) is 2.72. The Morgan fingerprint density at radius 2 is 1.71 bits per heavy atom. The van der Waals surface area contributed by atoms with Crippen molar-refractivity contribution in [3.8, 4) is 0 Å². The SMILES string of the molecule is NC(=O)CN(CC(=O)NC1CCCC(C(F)(F)F)C1)C1CCCC1. The Balaban J connectivity index is 1.86. The van der Waals surface area contributed by atoms with Crippen molar-refractivity contribution in [3.63, 3.8) is 0 Å². The molecule has 0 aliphatic heterocycles. The average Bonchev–Trinajstić information content (AvgIpc) is 2.99. The minimum absolute atomic E-state index is 0.00787. The Labute approximate surface area is 140 Å². The van der Waals surface area contributed by atoms with E-state index >= 15 is 0 Å². The summed E-state index contributed by atoms with van der Waals surface area (Å²) in [5.41, 5.74) is 5.25. The third-order valence-electron chi connectivity index (χ3n) is 5.05. The summed E-state index contributed by atoms with van der Waals surface area (Å²) in [6.07, 6.45) is 0.834. The summed E-state index contributed by atoms with van der Waals surface area (Å²) in [7, 11) is 0. The maximum absolute atomic E-state index is 12.8. The van der Waals surface area contributed by atoms with Gasteiger partial charge in [-0.15, -0.1) is 0 Å². The molecule has 3 N–H and O–H groups in total. The number of nitrogens with two attached hydrogens (primary N) is 1. The summed E-state index contributed by atoms with van der Waals surface area (Å²) in [5.74, 6) is -2.16. The molecule has 0 spiro atoms. The van der Waals surface area contributed by atoms with Gasteiger partial charge in [-0.2, -0.15) is 13.2 Å². The van der Waals surface area contributed by atoms with Crippen molar-refractivity contribution < 1.29 is 22.8 Å². The first-order valence-electron chi connectivity index (χ1n) is 8.64. The van der Waals surface area contributed by atoms with Gasteiger partial charge < -0.3 is 11.1 Å². The highest BCUT2D eigenvalue weighted by Gasteiger charge is 2.42. The normalized spacial score (nSPS) is 25.8. The monoisotopic (exact) mass is 349 g/mol. The van der Waals surface area contributed by atoms with Crippen molar-refractivity contribution in [1.82, 2.24) is 10.2 Å². The quantitative estimate of drug-likeness (QED) is 0.770. The van der Waals surface area contributed by atoms with Crippen LogP contribution in [0.15, 0.2) is 0 Å². The molecule has 0 heterocycles. The molecule has 5 nitrogen and oxygen atoms in total. The van der Waals surface area contributed by atoms with Crippen molar-refractivity contribution in [3.05, 3.63) is 0 Å². The molecule has 2 atom stereocenters. The van der Waals surface area contributed by atoms with Gasteiger partial charge in [0.15, 0.2) is 0 Å². The third-order valence-corrected chi connectivity index (χ3v) is 5.05. The fraction of sp³-hybridized carbons (Fsp3) is 0.875. The van der Waals surface area contributed by atoms with Gasteiger partial charge in [0.25, 0.3) is 0 Å². The van der Waals surface area contributed by atoms with Crippen LogP contribution in [-0.4, -0.2) is 48.1 Å². The fourth-order valence-electron chi connectivity index (χ4n) is 3.86. The van der Waals surface area contributed by atoms with Crippen LogP contribution in [-0.2, 0) is 9.59 Å². The Hall–Kier alpha value is -1.31. The fourth-order valence-corrected chi connectivity index (χ4v) is 3.86. The molecule has 0 aromatic rings. The molecule has 2 unspecified atom stereocenters. The van der Waals surface area contributed by atoms with E-state index in [1.54, 1.807) is 4.90 Å². The van der Waals surface area contributed by atoms with Gasteiger partial charge in [0, 0.05) is 12.1 Å². The largest absolute Gasteiger partial charge is 0.391 e. The first-order chi connectivity index (χ1) is 11.3. The first kappa shape index (κ1) is 19.0. The minimum Gasteiger partial charge on any atom is -0.369 e. The number of amides is 2. The molecule has 8 heteroatoms. The Morgan fingerprint density at radius 1 is 1.04 bits per heavy atom. The zero-order valence-corrected chi connectivity index (χ0v) is 13.8. The van der Waals surface area contributed by atoms with Crippen LogP contribution in [0.4, 0.5) is 13.2 Å². The molecule has 0 aromatic heterocycles. The van der Waals surface area contributed by atoms with E-state index in [9.17, 15) is 22.8 Å². The molecule has 0 aromatic carbocycles. The Bertz CT molecular complexity index is 450. The van der Waals surface area contributed by atoms with Gasteiger partial charge in [0.1, 0.15) is 0 Å². The van der Waals surface area contributed by atoms with Crippen LogP contribution in [0.2, 0.25) is 0 Å². The number of nitrogens with one attached hydrogen (secondary N) is 1. The van der Waals surface area contributed by atoms with Crippen LogP contribution >= 0.6 is 0 Å². The number of primary amides is 1. The summed E-state index contributed by atoms with van der Waals surface area (Å²) < 4.78 is 38.5. The highest BCUT2D eigenvalue weighted by molar-refractivity contribution is 5.80. The van der Waals surface area contributed by atoms with E-state index in [2.05, 4.69) is 5.32 Å². The molecule has 24 heavy (non-hydrogen) atoms. The lowest BCUT2D eigenvalue weighted by Crippen LogP contribution is -2.49. The van der Waals surface area contributed by atoms with Gasteiger partial charge in [-0.1, -0.05) is 19.3 Å². The summed E-state index contributed by atoms with van der Waals surface area (Å²) in [6.45, 7) is 0.0225. The van der Waals surface area contributed by atoms with Crippen molar-refractivity contribution in [2.45, 2.75) is 69.6 Å². The maximum atomic E-state index is 12.8. The standard InChI is InChI=1S/C16H26F3N3O2/c17-16(18,19)11-4-3-5-12(8-11)21-15(24)10-22(9-14(20)23)13-6-1-2-7-13/h11-13H,1-10H2,(H2,20,23)(H,21,24). The van der Waals surface area contributed by atoms with Crippen molar-refractivity contribution in [2.75, 3.05) is 13.1 Å². The molecule has 2 saturated carbocycles. The topological polar surface area (TPSA) is 75.4 Å². The molecule has 2 amide bonds. The zero-order chi connectivity index (χ0) is 17.7. The van der Waals surface area contributed by atoms with Gasteiger partial charge in [0.2, 0.25) is 11.8 Å². The van der Waals surface area contributed by atoms with E-state index in [1.807, 2.05) is 0 Å². The van der Waals surface area contributed by atoms with Crippen LogP contribution < -0.4 is 11.1 Å². The average molecular weight is 349 g/mol. The molecule has 0 radical (unpaired) electrons. The van der Waals surface area contributed by atoms with Crippen LogP contribution in [0.1, 0.15) is 51.4 Å². The van der Waals surface area contributed by atoms with Crippen LogP contribution in [0.3, 0.4) is 0 Å². The zero-order valence-electron chi connectivity index (χ0n) is 13.8. The van der Waals surface area contributed by atoms with Crippen molar-refractivity contribution >= 4 is 11.8 Å². The first-order valence-corrected chi connectivity index (χ1v) is 8.64. The summed E-state index contributed by atoms with van der Waals surface area (Å²) >= 11 is 0. The second kappa shape index (κ2) is 8.18. The lowest BCUT2D eigenvalue weighted by Gasteiger charge is -2.32. The molecule has 0 saturated heterocycles. The lowest BCUT2D eigenvalue weighted by molar-refractivity contribution is -0.184. The van der Waals surface area contributed by atoms with E-state index < -0.39 is 24.0 Å². The number of carbonyl (C=O) groups excluding carboxylic acids is 2. The van der Waals surface area contributed by atoms with Gasteiger partial charge in [0.05, 0.1) is 19.0 Å². The molecule has 138 valence electrons. The number of hydrogen-bond donors (Lipinski definition) is 2. The number of carbonyl (C=O) groups is 2. The molecule has 2 aliphatic carbocycles. The molecule has 2 fully saturated rings. The predicted octanol–water partition coefficient (Wildman–Crippen LogP) is 1.95. The number of halogens is 3.